The summed E-state index contributed by atoms with van der Waals surface area (Å²) < 4.78 is 12.1. The molecule has 3 aromatic rings. The van der Waals surface area contributed by atoms with Gasteiger partial charge in [-0.1, -0.05) is 0 Å². The molecule has 4 nitrogen and oxygen atoms in total. The van der Waals surface area contributed by atoms with Gasteiger partial charge in [0.2, 0.25) is 0 Å². The molecule has 112 valence electrons. The maximum atomic E-state index is 12.1. The summed E-state index contributed by atoms with van der Waals surface area (Å²) in [5, 5.41) is 0.806. The number of hydrogen-bond acceptors (Lipinski definition) is 5. The van der Waals surface area contributed by atoms with Crippen molar-refractivity contribution in [3.63, 3.8) is 0 Å². The first-order valence-electron chi connectivity index (χ1n) is 6.15. The summed E-state index contributed by atoms with van der Waals surface area (Å²) >= 11 is 7.93. The minimum absolute atomic E-state index is 0.326. The van der Waals surface area contributed by atoms with Crippen LogP contribution in [0.2, 0.25) is 0 Å². The summed E-state index contributed by atoms with van der Waals surface area (Å²) in [4.78, 5) is 24.0. The number of thiophene rings is 1. The van der Waals surface area contributed by atoms with E-state index < -0.39 is 11.6 Å². The number of ether oxygens (including phenoxy) is 1. The maximum absolute atomic E-state index is 12.1. The summed E-state index contributed by atoms with van der Waals surface area (Å²) in [6, 6.07) is 8.08. The number of esters is 1. The van der Waals surface area contributed by atoms with E-state index in [0.717, 1.165) is 19.2 Å². The lowest BCUT2D eigenvalue weighted by molar-refractivity contribution is 0.0740. The quantitative estimate of drug-likeness (QED) is 0.321. The van der Waals surface area contributed by atoms with Gasteiger partial charge in [0.1, 0.15) is 16.2 Å². The van der Waals surface area contributed by atoms with E-state index in [1.807, 2.05) is 6.92 Å². The number of rotatable bonds is 2. The van der Waals surface area contributed by atoms with Gasteiger partial charge in [0.25, 0.3) is 0 Å². The molecule has 0 aliphatic heterocycles. The summed E-state index contributed by atoms with van der Waals surface area (Å²) in [6.45, 7) is 1.83. The van der Waals surface area contributed by atoms with Crippen molar-refractivity contribution in [3.8, 4) is 5.75 Å². The highest BCUT2D eigenvalue weighted by Gasteiger charge is 2.15. The molecule has 22 heavy (non-hydrogen) atoms. The molecular weight excluding hydrogens is 436 g/mol. The van der Waals surface area contributed by atoms with Gasteiger partial charge in [-0.05, 0) is 62.5 Å². The standard InChI is InChI=1S/C15H8Br2O4S/c1-7-4-13(18)21-11-5-8(2-3-9(7)11)20-15(19)12-6-10(16)14(17)22-12/h2-6H,1H3. The molecule has 0 saturated heterocycles. The zero-order chi connectivity index (χ0) is 15.9. The van der Waals surface area contributed by atoms with Crippen LogP contribution in [0.4, 0.5) is 0 Å². The molecule has 2 heterocycles. The van der Waals surface area contributed by atoms with Gasteiger partial charge in [0.15, 0.2) is 0 Å². The van der Waals surface area contributed by atoms with Crippen LogP contribution in [-0.4, -0.2) is 5.97 Å². The lowest BCUT2D eigenvalue weighted by Gasteiger charge is -2.05. The van der Waals surface area contributed by atoms with Crippen LogP contribution in [-0.2, 0) is 0 Å². The molecule has 0 fully saturated rings. The number of hydrogen-bond donors (Lipinski definition) is 0. The largest absolute Gasteiger partial charge is 0.423 e. The van der Waals surface area contributed by atoms with Crippen molar-refractivity contribution in [1.29, 1.82) is 0 Å². The van der Waals surface area contributed by atoms with Crippen molar-refractivity contribution in [2.24, 2.45) is 0 Å². The third-order valence-corrected chi connectivity index (χ3v) is 6.22. The molecule has 0 unspecified atom stereocenters. The van der Waals surface area contributed by atoms with Crippen molar-refractivity contribution in [1.82, 2.24) is 0 Å². The number of carbonyl (C=O) groups is 1. The van der Waals surface area contributed by atoms with Crippen molar-refractivity contribution < 1.29 is 13.9 Å². The first kappa shape index (κ1) is 15.5. The number of aryl methyl sites for hydroxylation is 1. The highest BCUT2D eigenvalue weighted by Crippen LogP contribution is 2.33. The van der Waals surface area contributed by atoms with Crippen molar-refractivity contribution in [2.75, 3.05) is 0 Å². The third kappa shape index (κ3) is 3.02. The Hall–Kier alpha value is -1.44. The van der Waals surface area contributed by atoms with Gasteiger partial charge in [0, 0.05) is 22.0 Å². The monoisotopic (exact) mass is 442 g/mol. The smallest absolute Gasteiger partial charge is 0.353 e. The van der Waals surface area contributed by atoms with Gasteiger partial charge in [-0.3, -0.25) is 0 Å². The highest BCUT2D eigenvalue weighted by molar-refractivity contribution is 9.13. The van der Waals surface area contributed by atoms with Gasteiger partial charge in [-0.25, -0.2) is 9.59 Å². The average molecular weight is 444 g/mol. The predicted octanol–water partition coefficient (Wildman–Crippen LogP) is 4.91. The molecular formula is C15H8Br2O4S. The zero-order valence-electron chi connectivity index (χ0n) is 11.2. The molecule has 0 amide bonds. The Morgan fingerprint density at radius 1 is 1.23 bits per heavy atom. The van der Waals surface area contributed by atoms with Crippen LogP contribution >= 0.6 is 43.2 Å². The third-order valence-electron chi connectivity index (χ3n) is 2.98. The summed E-state index contributed by atoms with van der Waals surface area (Å²) in [5.74, 6) is -0.141. The van der Waals surface area contributed by atoms with Crippen molar-refractivity contribution >= 4 is 60.1 Å². The first-order chi connectivity index (χ1) is 10.4. The van der Waals surface area contributed by atoms with Gasteiger partial charge < -0.3 is 9.15 Å². The van der Waals surface area contributed by atoms with Crippen LogP contribution in [0, 0.1) is 6.92 Å². The molecule has 2 aromatic heterocycles. The number of carbonyl (C=O) groups excluding carboxylic acids is 1. The van der Waals surface area contributed by atoms with Crippen LogP contribution in [0.3, 0.4) is 0 Å². The maximum Gasteiger partial charge on any atom is 0.353 e. The van der Waals surface area contributed by atoms with Gasteiger partial charge in [0.05, 0.1) is 3.79 Å². The van der Waals surface area contributed by atoms with Gasteiger partial charge >= 0.3 is 11.6 Å². The normalized spacial score (nSPS) is 10.9. The minimum atomic E-state index is -0.467. The topological polar surface area (TPSA) is 56.5 Å². The van der Waals surface area contributed by atoms with Crippen molar-refractivity contribution in [3.05, 3.63) is 59.5 Å². The van der Waals surface area contributed by atoms with Crippen LogP contribution < -0.4 is 10.4 Å². The molecule has 0 N–H and O–H groups in total. The molecule has 0 aliphatic rings. The fourth-order valence-electron chi connectivity index (χ4n) is 1.97. The van der Waals surface area contributed by atoms with Crippen LogP contribution in [0.1, 0.15) is 15.2 Å². The van der Waals surface area contributed by atoms with E-state index in [1.54, 1.807) is 24.3 Å². The summed E-state index contributed by atoms with van der Waals surface area (Å²) in [6.07, 6.45) is 0. The fourth-order valence-corrected chi connectivity index (χ4v) is 3.89. The number of halogens is 2. The molecule has 0 radical (unpaired) electrons. The van der Waals surface area contributed by atoms with Crippen LogP contribution in [0.25, 0.3) is 11.0 Å². The number of benzene rings is 1. The molecule has 0 bridgehead atoms. The van der Waals surface area contributed by atoms with Crippen molar-refractivity contribution in [2.45, 2.75) is 6.92 Å². The highest BCUT2D eigenvalue weighted by atomic mass is 79.9. The van der Waals surface area contributed by atoms with E-state index in [-0.39, 0.29) is 0 Å². The molecule has 0 atom stereocenters. The minimum Gasteiger partial charge on any atom is -0.423 e. The SMILES string of the molecule is Cc1cc(=O)oc2cc(OC(=O)c3cc(Br)c(Br)s3)ccc12. The molecule has 7 heteroatoms. The zero-order valence-corrected chi connectivity index (χ0v) is 15.2. The lowest BCUT2D eigenvalue weighted by atomic mass is 10.1. The molecule has 1 aromatic carbocycles. The second kappa shape index (κ2) is 5.98. The summed E-state index contributed by atoms with van der Waals surface area (Å²) in [7, 11) is 0. The number of fused-ring (bicyclic) bond motifs is 1. The Morgan fingerprint density at radius 2 is 2.00 bits per heavy atom. The molecule has 3 rings (SSSR count). The Bertz CT molecular complexity index is 923. The van der Waals surface area contributed by atoms with E-state index in [0.29, 0.717) is 16.2 Å². The van der Waals surface area contributed by atoms with Crippen LogP contribution in [0.15, 0.2) is 47.8 Å². The molecule has 0 saturated carbocycles. The Morgan fingerprint density at radius 3 is 2.68 bits per heavy atom. The van der Waals surface area contributed by atoms with Crippen LogP contribution in [0.5, 0.6) is 5.75 Å². The fraction of sp³-hybridized carbons (Fsp3) is 0.0667. The second-order valence-corrected chi connectivity index (χ2v) is 7.75. The lowest BCUT2D eigenvalue weighted by Crippen LogP contribution is -2.06. The van der Waals surface area contributed by atoms with E-state index in [9.17, 15) is 9.59 Å². The Balaban J connectivity index is 1.94. The molecule has 0 aliphatic carbocycles. The average Bonchev–Trinajstić information content (AvgIpc) is 2.78. The molecule has 0 spiro atoms. The predicted molar refractivity (Wildman–Crippen MR) is 91.9 cm³/mol. The second-order valence-electron chi connectivity index (χ2n) is 4.53. The van der Waals surface area contributed by atoms with Gasteiger partial charge in [-0.2, -0.15) is 0 Å². The Kier molecular flexibility index (Phi) is 4.20. The first-order valence-corrected chi connectivity index (χ1v) is 8.56. The van der Waals surface area contributed by atoms with E-state index in [1.165, 1.54) is 17.4 Å². The van der Waals surface area contributed by atoms with E-state index >= 15 is 0 Å². The van der Waals surface area contributed by atoms with E-state index in [4.69, 9.17) is 9.15 Å². The Labute approximate surface area is 146 Å². The summed E-state index contributed by atoms with van der Waals surface area (Å²) in [5.41, 5.74) is 0.777. The van der Waals surface area contributed by atoms with Gasteiger partial charge in [-0.15, -0.1) is 11.3 Å². The van der Waals surface area contributed by atoms with E-state index in [2.05, 4.69) is 31.9 Å².